The summed E-state index contributed by atoms with van der Waals surface area (Å²) < 4.78 is 10.3. The number of ether oxygens (including phenoxy) is 2. The highest BCUT2D eigenvalue weighted by Gasteiger charge is 2.16. The van der Waals surface area contributed by atoms with E-state index in [1.54, 1.807) is 20.1 Å². The molecule has 28 heavy (non-hydrogen) atoms. The summed E-state index contributed by atoms with van der Waals surface area (Å²) >= 11 is 0. The Hall–Kier alpha value is -3.08. The SMILES string of the molecule is CCOC(=O)CN(Cc1ccccc1)C(=O)/C=C/c1c(C)cc(OC)cc1C. The molecule has 0 aromatic heterocycles. The van der Waals surface area contributed by atoms with E-state index in [1.165, 1.54) is 11.0 Å². The van der Waals surface area contributed by atoms with Crippen LogP contribution in [0.5, 0.6) is 5.75 Å². The second kappa shape index (κ2) is 10.3. The monoisotopic (exact) mass is 381 g/mol. The van der Waals surface area contributed by atoms with Gasteiger partial charge in [0.15, 0.2) is 0 Å². The minimum atomic E-state index is -0.419. The van der Waals surface area contributed by atoms with Crippen LogP contribution in [0.3, 0.4) is 0 Å². The Morgan fingerprint density at radius 3 is 2.29 bits per heavy atom. The fraction of sp³-hybridized carbons (Fsp3) is 0.304. The van der Waals surface area contributed by atoms with Gasteiger partial charge in [0, 0.05) is 12.6 Å². The highest BCUT2D eigenvalue weighted by Crippen LogP contribution is 2.23. The Labute approximate surface area is 166 Å². The summed E-state index contributed by atoms with van der Waals surface area (Å²) in [6, 6.07) is 13.4. The molecule has 5 nitrogen and oxygen atoms in total. The van der Waals surface area contributed by atoms with E-state index in [0.29, 0.717) is 6.54 Å². The Morgan fingerprint density at radius 1 is 1.07 bits per heavy atom. The van der Waals surface area contributed by atoms with Crippen LogP contribution in [0.15, 0.2) is 48.5 Å². The molecule has 2 aromatic rings. The summed E-state index contributed by atoms with van der Waals surface area (Å²) in [7, 11) is 1.63. The average molecular weight is 381 g/mol. The van der Waals surface area contributed by atoms with Crippen molar-refractivity contribution in [2.45, 2.75) is 27.3 Å². The van der Waals surface area contributed by atoms with Gasteiger partial charge in [-0.05, 0) is 61.2 Å². The Kier molecular flexibility index (Phi) is 7.81. The third-order valence-electron chi connectivity index (χ3n) is 4.35. The van der Waals surface area contributed by atoms with Gasteiger partial charge in [-0.3, -0.25) is 9.59 Å². The van der Waals surface area contributed by atoms with Crippen LogP contribution in [0.4, 0.5) is 0 Å². The second-order valence-electron chi connectivity index (χ2n) is 6.49. The lowest BCUT2D eigenvalue weighted by Crippen LogP contribution is -2.35. The molecule has 0 radical (unpaired) electrons. The molecular weight excluding hydrogens is 354 g/mol. The molecule has 0 aliphatic heterocycles. The molecular formula is C23H27NO4. The summed E-state index contributed by atoms with van der Waals surface area (Å²) in [6.45, 7) is 6.22. The van der Waals surface area contributed by atoms with Crippen LogP contribution in [0.2, 0.25) is 0 Å². The third-order valence-corrected chi connectivity index (χ3v) is 4.35. The number of nitrogens with zero attached hydrogens (tertiary/aromatic N) is 1. The Bertz CT molecular complexity index is 820. The van der Waals surface area contributed by atoms with Crippen molar-refractivity contribution in [2.75, 3.05) is 20.3 Å². The van der Waals surface area contributed by atoms with Crippen molar-refractivity contribution in [3.8, 4) is 5.75 Å². The van der Waals surface area contributed by atoms with E-state index in [2.05, 4.69) is 0 Å². The zero-order valence-corrected chi connectivity index (χ0v) is 16.9. The molecule has 2 rings (SSSR count). The summed E-state index contributed by atoms with van der Waals surface area (Å²) in [5.74, 6) is 0.120. The van der Waals surface area contributed by atoms with E-state index in [9.17, 15) is 9.59 Å². The number of benzene rings is 2. The summed E-state index contributed by atoms with van der Waals surface area (Å²) in [6.07, 6.45) is 3.29. The highest BCUT2D eigenvalue weighted by atomic mass is 16.5. The Balaban J connectivity index is 2.21. The van der Waals surface area contributed by atoms with Gasteiger partial charge in [0.25, 0.3) is 0 Å². The van der Waals surface area contributed by atoms with Crippen molar-refractivity contribution in [1.82, 2.24) is 4.90 Å². The maximum atomic E-state index is 12.8. The van der Waals surface area contributed by atoms with Gasteiger partial charge >= 0.3 is 5.97 Å². The molecule has 0 aliphatic carbocycles. The van der Waals surface area contributed by atoms with E-state index in [0.717, 1.165) is 28.0 Å². The molecule has 1 amide bonds. The molecule has 0 fully saturated rings. The third kappa shape index (κ3) is 5.98. The van der Waals surface area contributed by atoms with E-state index in [4.69, 9.17) is 9.47 Å². The number of rotatable bonds is 8. The molecule has 0 saturated carbocycles. The van der Waals surface area contributed by atoms with Crippen molar-refractivity contribution in [3.63, 3.8) is 0 Å². The lowest BCUT2D eigenvalue weighted by atomic mass is 10.0. The van der Waals surface area contributed by atoms with E-state index < -0.39 is 5.97 Å². The summed E-state index contributed by atoms with van der Waals surface area (Å²) in [5, 5.41) is 0. The molecule has 0 saturated heterocycles. The normalized spacial score (nSPS) is 10.7. The summed E-state index contributed by atoms with van der Waals surface area (Å²) in [5.41, 5.74) is 3.94. The smallest absolute Gasteiger partial charge is 0.325 e. The van der Waals surface area contributed by atoms with Crippen molar-refractivity contribution in [3.05, 3.63) is 70.8 Å². The lowest BCUT2D eigenvalue weighted by Gasteiger charge is -2.20. The van der Waals surface area contributed by atoms with Crippen molar-refractivity contribution in [2.24, 2.45) is 0 Å². The molecule has 0 atom stereocenters. The molecule has 0 spiro atoms. The molecule has 0 unspecified atom stereocenters. The van der Waals surface area contributed by atoms with Crippen LogP contribution in [-0.2, 0) is 20.9 Å². The standard InChI is InChI=1S/C23H27NO4/c1-5-28-23(26)16-24(15-19-9-7-6-8-10-19)22(25)12-11-21-17(2)13-20(27-4)14-18(21)3/h6-14H,5,15-16H2,1-4H3/b12-11+. The van der Waals surface area contributed by atoms with Crippen LogP contribution >= 0.6 is 0 Å². The van der Waals surface area contributed by atoms with Gasteiger partial charge < -0.3 is 14.4 Å². The molecule has 0 aliphatic rings. The number of amides is 1. The number of hydrogen-bond donors (Lipinski definition) is 0. The molecule has 148 valence electrons. The molecule has 2 aromatic carbocycles. The fourth-order valence-corrected chi connectivity index (χ4v) is 2.95. The zero-order chi connectivity index (χ0) is 20.5. The van der Waals surface area contributed by atoms with E-state index in [-0.39, 0.29) is 19.1 Å². The Morgan fingerprint density at radius 2 is 1.71 bits per heavy atom. The minimum absolute atomic E-state index is 0.0908. The lowest BCUT2D eigenvalue weighted by molar-refractivity contribution is -0.148. The van der Waals surface area contributed by atoms with Gasteiger partial charge in [0.2, 0.25) is 5.91 Å². The highest BCUT2D eigenvalue weighted by molar-refractivity contribution is 5.94. The number of methoxy groups -OCH3 is 1. The topological polar surface area (TPSA) is 55.8 Å². The van der Waals surface area contributed by atoms with Gasteiger partial charge in [0.1, 0.15) is 12.3 Å². The quantitative estimate of drug-likeness (QED) is 0.514. The predicted molar refractivity (Wildman–Crippen MR) is 110 cm³/mol. The van der Waals surface area contributed by atoms with E-state index >= 15 is 0 Å². The predicted octanol–water partition coefficient (Wildman–Crippen LogP) is 3.92. The molecule has 0 N–H and O–H groups in total. The zero-order valence-electron chi connectivity index (χ0n) is 16.9. The van der Waals surface area contributed by atoms with Gasteiger partial charge in [-0.2, -0.15) is 0 Å². The van der Waals surface area contributed by atoms with Crippen LogP contribution in [0.1, 0.15) is 29.2 Å². The van der Waals surface area contributed by atoms with Crippen LogP contribution in [-0.4, -0.2) is 37.0 Å². The number of carbonyl (C=O) groups is 2. The van der Waals surface area contributed by atoms with Crippen molar-refractivity contribution in [1.29, 1.82) is 0 Å². The molecule has 5 heteroatoms. The molecule has 0 bridgehead atoms. The minimum Gasteiger partial charge on any atom is -0.497 e. The number of carbonyl (C=O) groups excluding carboxylic acids is 2. The first kappa shape index (κ1) is 21.2. The first-order chi connectivity index (χ1) is 13.4. The van der Waals surface area contributed by atoms with Crippen LogP contribution in [0.25, 0.3) is 6.08 Å². The van der Waals surface area contributed by atoms with Gasteiger partial charge in [-0.15, -0.1) is 0 Å². The number of esters is 1. The van der Waals surface area contributed by atoms with Gasteiger partial charge in [-0.25, -0.2) is 0 Å². The largest absolute Gasteiger partial charge is 0.497 e. The number of hydrogen-bond acceptors (Lipinski definition) is 4. The fourth-order valence-electron chi connectivity index (χ4n) is 2.95. The van der Waals surface area contributed by atoms with Crippen LogP contribution < -0.4 is 4.74 Å². The first-order valence-corrected chi connectivity index (χ1v) is 9.26. The van der Waals surface area contributed by atoms with Crippen LogP contribution in [0, 0.1) is 13.8 Å². The summed E-state index contributed by atoms with van der Waals surface area (Å²) in [4.78, 5) is 26.2. The maximum absolute atomic E-state index is 12.8. The second-order valence-corrected chi connectivity index (χ2v) is 6.49. The maximum Gasteiger partial charge on any atom is 0.325 e. The van der Waals surface area contributed by atoms with Gasteiger partial charge in [0.05, 0.1) is 13.7 Å². The first-order valence-electron chi connectivity index (χ1n) is 9.26. The van der Waals surface area contributed by atoms with Gasteiger partial charge in [-0.1, -0.05) is 30.3 Å². The molecule has 0 heterocycles. The van der Waals surface area contributed by atoms with E-state index in [1.807, 2.05) is 56.3 Å². The van der Waals surface area contributed by atoms with Crippen molar-refractivity contribution >= 4 is 18.0 Å². The average Bonchev–Trinajstić information content (AvgIpc) is 2.67. The number of aryl methyl sites for hydroxylation is 2. The van der Waals surface area contributed by atoms with Crippen molar-refractivity contribution < 1.29 is 19.1 Å².